The second kappa shape index (κ2) is 4.29. The third-order valence-electron chi connectivity index (χ3n) is 2.36. The summed E-state index contributed by atoms with van der Waals surface area (Å²) in [5.41, 5.74) is 0. The predicted molar refractivity (Wildman–Crippen MR) is 48.9 cm³/mol. The van der Waals surface area contributed by atoms with Crippen molar-refractivity contribution in [1.29, 1.82) is 0 Å². The molecule has 15 heavy (non-hydrogen) atoms. The number of carbonyl (C=O) groups excluding carboxylic acids is 2. The first-order chi connectivity index (χ1) is 6.97. The summed E-state index contributed by atoms with van der Waals surface area (Å²) in [6.07, 6.45) is 0.342. The summed E-state index contributed by atoms with van der Waals surface area (Å²) in [5.74, 6) is -3.03. The fourth-order valence-electron chi connectivity index (χ4n) is 1.31. The van der Waals surface area contributed by atoms with Crippen LogP contribution in [0.3, 0.4) is 0 Å². The zero-order chi connectivity index (χ0) is 11.6. The van der Waals surface area contributed by atoms with Gasteiger partial charge in [-0.1, -0.05) is 0 Å². The Kier molecular flexibility index (Phi) is 3.28. The fraction of sp³-hybridized carbons (Fsp3) is 0.667. The summed E-state index contributed by atoms with van der Waals surface area (Å²) >= 11 is 0. The number of methoxy groups -OCH3 is 1. The number of nitrogens with one attached hydrogen (secondary N) is 1. The first kappa shape index (κ1) is 11.5. The van der Waals surface area contributed by atoms with Gasteiger partial charge in [0.2, 0.25) is 5.91 Å². The number of hydrogen-bond donors (Lipinski definition) is 2. The summed E-state index contributed by atoms with van der Waals surface area (Å²) in [6.45, 7) is 1.49. The van der Waals surface area contributed by atoms with E-state index >= 15 is 0 Å². The molecule has 0 bridgehead atoms. The van der Waals surface area contributed by atoms with Crippen LogP contribution in [0, 0.1) is 11.8 Å². The van der Waals surface area contributed by atoms with E-state index in [1.54, 1.807) is 0 Å². The first-order valence-electron chi connectivity index (χ1n) is 4.58. The Bertz CT molecular complexity index is 301. The lowest BCUT2D eigenvalue weighted by Crippen LogP contribution is -2.40. The van der Waals surface area contributed by atoms with Gasteiger partial charge in [0.25, 0.3) is 0 Å². The Morgan fingerprint density at radius 2 is 2.00 bits per heavy atom. The number of carbonyl (C=O) groups is 3. The van der Waals surface area contributed by atoms with Crippen LogP contribution in [0.2, 0.25) is 0 Å². The summed E-state index contributed by atoms with van der Waals surface area (Å²) < 4.78 is 4.42. The average Bonchev–Trinajstić information content (AvgIpc) is 2.95. The molecule has 6 nitrogen and oxygen atoms in total. The van der Waals surface area contributed by atoms with E-state index in [0.29, 0.717) is 6.42 Å². The lowest BCUT2D eigenvalue weighted by molar-refractivity contribution is -0.144. The fourth-order valence-corrected chi connectivity index (χ4v) is 1.31. The van der Waals surface area contributed by atoms with Gasteiger partial charge in [-0.2, -0.15) is 0 Å². The van der Waals surface area contributed by atoms with Crippen LogP contribution < -0.4 is 5.32 Å². The van der Waals surface area contributed by atoms with Crippen LogP contribution in [0.5, 0.6) is 0 Å². The summed E-state index contributed by atoms with van der Waals surface area (Å²) in [5, 5.41) is 11.0. The highest BCUT2D eigenvalue weighted by Gasteiger charge is 2.48. The third-order valence-corrected chi connectivity index (χ3v) is 2.36. The lowest BCUT2D eigenvalue weighted by atomic mass is 10.2. The van der Waals surface area contributed by atoms with E-state index in [0.717, 1.165) is 0 Å². The Morgan fingerprint density at radius 1 is 1.40 bits per heavy atom. The maximum atomic E-state index is 11.4. The molecule has 0 aromatic heterocycles. The highest BCUT2D eigenvalue weighted by Crippen LogP contribution is 2.38. The number of amides is 1. The minimum atomic E-state index is -0.971. The van der Waals surface area contributed by atoms with Crippen molar-refractivity contribution in [2.45, 2.75) is 19.4 Å². The van der Waals surface area contributed by atoms with Gasteiger partial charge in [0.05, 0.1) is 18.9 Å². The van der Waals surface area contributed by atoms with Crippen molar-refractivity contribution in [2.75, 3.05) is 7.11 Å². The number of carboxylic acids is 1. The lowest BCUT2D eigenvalue weighted by Gasteiger charge is -2.10. The van der Waals surface area contributed by atoms with Gasteiger partial charge < -0.3 is 15.2 Å². The van der Waals surface area contributed by atoms with Crippen LogP contribution in [-0.4, -0.2) is 36.1 Å². The number of rotatable bonds is 4. The topological polar surface area (TPSA) is 92.7 Å². The van der Waals surface area contributed by atoms with E-state index < -0.39 is 35.7 Å². The molecule has 3 unspecified atom stereocenters. The van der Waals surface area contributed by atoms with Gasteiger partial charge in [0.1, 0.15) is 6.04 Å². The van der Waals surface area contributed by atoms with Gasteiger partial charge in [0, 0.05) is 0 Å². The molecule has 0 heterocycles. The molecule has 2 N–H and O–H groups in total. The van der Waals surface area contributed by atoms with Gasteiger partial charge >= 0.3 is 11.9 Å². The van der Waals surface area contributed by atoms with Gasteiger partial charge in [-0.15, -0.1) is 0 Å². The molecule has 1 rings (SSSR count). The number of esters is 1. The Morgan fingerprint density at radius 3 is 2.40 bits per heavy atom. The van der Waals surface area contributed by atoms with Crippen molar-refractivity contribution >= 4 is 17.8 Å². The number of aliphatic carboxylic acids is 1. The quantitative estimate of drug-likeness (QED) is 0.610. The maximum Gasteiger partial charge on any atom is 0.328 e. The second-order valence-electron chi connectivity index (χ2n) is 3.54. The summed E-state index contributed by atoms with van der Waals surface area (Å²) in [7, 11) is 1.22. The molecule has 0 radical (unpaired) electrons. The van der Waals surface area contributed by atoms with E-state index in [-0.39, 0.29) is 0 Å². The molecule has 3 atom stereocenters. The van der Waals surface area contributed by atoms with Crippen molar-refractivity contribution in [3.8, 4) is 0 Å². The van der Waals surface area contributed by atoms with Crippen molar-refractivity contribution in [3.63, 3.8) is 0 Å². The zero-order valence-electron chi connectivity index (χ0n) is 8.52. The van der Waals surface area contributed by atoms with Crippen LogP contribution >= 0.6 is 0 Å². The van der Waals surface area contributed by atoms with Gasteiger partial charge in [-0.05, 0) is 13.3 Å². The van der Waals surface area contributed by atoms with E-state index in [1.807, 2.05) is 0 Å². The molecule has 1 amide bonds. The molecular formula is C9H13NO5. The number of hydrogen-bond acceptors (Lipinski definition) is 4. The standard InChI is InChI=1S/C9H13NO5/c1-4(9(14)15-2)10-7(11)5-3-6(5)8(12)13/h4-6H,3H2,1-2H3,(H,10,11)(H,12,13). The summed E-state index contributed by atoms with van der Waals surface area (Å²) in [4.78, 5) is 32.8. The van der Waals surface area contributed by atoms with Crippen LogP contribution in [0.15, 0.2) is 0 Å². The van der Waals surface area contributed by atoms with Crippen molar-refractivity contribution in [1.82, 2.24) is 5.32 Å². The molecule has 1 aliphatic carbocycles. The summed E-state index contributed by atoms with van der Waals surface area (Å²) in [6, 6.07) is -0.738. The van der Waals surface area contributed by atoms with E-state index in [2.05, 4.69) is 10.1 Å². The number of ether oxygens (including phenoxy) is 1. The molecule has 6 heteroatoms. The maximum absolute atomic E-state index is 11.4. The van der Waals surface area contributed by atoms with Crippen molar-refractivity contribution in [3.05, 3.63) is 0 Å². The van der Waals surface area contributed by atoms with Crippen LogP contribution in [-0.2, 0) is 19.1 Å². The van der Waals surface area contributed by atoms with Crippen molar-refractivity contribution < 1.29 is 24.2 Å². The van der Waals surface area contributed by atoms with Crippen LogP contribution in [0.1, 0.15) is 13.3 Å². The highest BCUT2D eigenvalue weighted by atomic mass is 16.5. The van der Waals surface area contributed by atoms with Crippen LogP contribution in [0.25, 0.3) is 0 Å². The minimum Gasteiger partial charge on any atom is -0.481 e. The molecule has 0 spiro atoms. The van der Waals surface area contributed by atoms with Crippen molar-refractivity contribution in [2.24, 2.45) is 11.8 Å². The monoisotopic (exact) mass is 215 g/mol. The Balaban J connectivity index is 2.38. The van der Waals surface area contributed by atoms with Crippen LogP contribution in [0.4, 0.5) is 0 Å². The third kappa shape index (κ3) is 2.68. The van der Waals surface area contributed by atoms with E-state index in [4.69, 9.17) is 5.11 Å². The van der Waals surface area contributed by atoms with Gasteiger partial charge in [0.15, 0.2) is 0 Å². The molecule has 0 aromatic carbocycles. The minimum absolute atomic E-state index is 0.342. The van der Waals surface area contributed by atoms with Gasteiger partial charge in [-0.25, -0.2) is 4.79 Å². The largest absolute Gasteiger partial charge is 0.481 e. The molecule has 0 aliphatic heterocycles. The Hall–Kier alpha value is -1.59. The first-order valence-corrected chi connectivity index (χ1v) is 4.58. The number of carboxylic acid groups (broad SMARTS) is 1. The Labute approximate surface area is 86.6 Å². The normalized spacial score (nSPS) is 25.2. The van der Waals surface area contributed by atoms with E-state index in [9.17, 15) is 14.4 Å². The smallest absolute Gasteiger partial charge is 0.328 e. The van der Waals surface area contributed by atoms with Gasteiger partial charge in [-0.3, -0.25) is 9.59 Å². The predicted octanol–water partition coefficient (Wildman–Crippen LogP) is -0.615. The SMILES string of the molecule is COC(=O)C(C)NC(=O)C1CC1C(=O)O. The average molecular weight is 215 g/mol. The molecule has 1 saturated carbocycles. The van der Waals surface area contributed by atoms with E-state index in [1.165, 1.54) is 14.0 Å². The molecular weight excluding hydrogens is 202 g/mol. The molecule has 1 aliphatic rings. The molecule has 0 aromatic rings. The highest BCUT2D eigenvalue weighted by molar-refractivity contribution is 5.91. The molecule has 1 fully saturated rings. The zero-order valence-corrected chi connectivity index (χ0v) is 8.52. The molecule has 0 saturated heterocycles. The molecule has 84 valence electrons. The second-order valence-corrected chi connectivity index (χ2v) is 3.54.